The zero-order valence-electron chi connectivity index (χ0n) is 9.05. The molecule has 0 saturated carbocycles. The highest BCUT2D eigenvalue weighted by atomic mass is 79.9. The third-order valence-corrected chi connectivity index (χ3v) is 3.03. The van der Waals surface area contributed by atoms with Gasteiger partial charge in [-0.15, -0.1) is 0 Å². The van der Waals surface area contributed by atoms with Gasteiger partial charge in [-0.1, -0.05) is 33.6 Å². The van der Waals surface area contributed by atoms with Gasteiger partial charge in [-0.3, -0.25) is 0 Å². The minimum Gasteiger partial charge on any atom is -0.352 e. The van der Waals surface area contributed by atoms with Gasteiger partial charge in [-0.2, -0.15) is 5.26 Å². The molecule has 2 aromatic carbocycles. The van der Waals surface area contributed by atoms with Crippen LogP contribution in [-0.4, -0.2) is 0 Å². The van der Waals surface area contributed by atoms with E-state index in [1.807, 2.05) is 6.07 Å². The second-order valence-corrected chi connectivity index (χ2v) is 4.88. The van der Waals surface area contributed by atoms with Gasteiger partial charge in [0.05, 0.1) is 22.3 Å². The molecular formula is C13H7BrClFN2. The molecule has 0 aliphatic heterocycles. The standard InChI is InChI=1S/C13H7BrClFN2/c14-9-4-8(7-17)5-10(6-9)18-13-11(15)2-1-3-12(13)16/h1-6,18H. The summed E-state index contributed by atoms with van der Waals surface area (Å²) < 4.78 is 14.3. The van der Waals surface area contributed by atoms with Crippen LogP contribution in [0.5, 0.6) is 0 Å². The van der Waals surface area contributed by atoms with Gasteiger partial charge in [-0.05, 0) is 30.3 Å². The van der Waals surface area contributed by atoms with E-state index in [1.54, 1.807) is 24.3 Å². The minimum absolute atomic E-state index is 0.196. The fraction of sp³-hybridized carbons (Fsp3) is 0. The van der Waals surface area contributed by atoms with E-state index in [-0.39, 0.29) is 10.7 Å². The maximum atomic E-state index is 13.6. The van der Waals surface area contributed by atoms with Crippen LogP contribution in [0.25, 0.3) is 0 Å². The van der Waals surface area contributed by atoms with Gasteiger partial charge in [0.2, 0.25) is 0 Å². The molecule has 0 heterocycles. The van der Waals surface area contributed by atoms with Crippen molar-refractivity contribution in [2.75, 3.05) is 5.32 Å². The van der Waals surface area contributed by atoms with Crippen molar-refractivity contribution in [3.63, 3.8) is 0 Å². The second-order valence-electron chi connectivity index (χ2n) is 3.56. The molecule has 0 fully saturated rings. The molecule has 5 heteroatoms. The number of rotatable bonds is 2. The summed E-state index contributed by atoms with van der Waals surface area (Å²) in [5.41, 5.74) is 1.26. The highest BCUT2D eigenvalue weighted by Crippen LogP contribution is 2.29. The quantitative estimate of drug-likeness (QED) is 0.856. The average Bonchev–Trinajstić information content (AvgIpc) is 2.33. The molecule has 0 unspecified atom stereocenters. The van der Waals surface area contributed by atoms with Crippen molar-refractivity contribution in [2.45, 2.75) is 0 Å². The van der Waals surface area contributed by atoms with Crippen LogP contribution >= 0.6 is 27.5 Å². The summed E-state index contributed by atoms with van der Waals surface area (Å²) >= 11 is 9.20. The number of halogens is 3. The molecule has 0 spiro atoms. The Hall–Kier alpha value is -1.57. The van der Waals surface area contributed by atoms with Crippen LogP contribution in [0.3, 0.4) is 0 Å². The summed E-state index contributed by atoms with van der Waals surface area (Å²) in [6.07, 6.45) is 0. The van der Waals surface area contributed by atoms with Crippen LogP contribution in [0.1, 0.15) is 5.56 Å². The Balaban J connectivity index is 2.40. The lowest BCUT2D eigenvalue weighted by atomic mass is 10.2. The average molecular weight is 326 g/mol. The van der Waals surface area contributed by atoms with Crippen LogP contribution in [0.4, 0.5) is 15.8 Å². The Morgan fingerprint density at radius 3 is 2.72 bits per heavy atom. The Kier molecular flexibility index (Phi) is 3.85. The van der Waals surface area contributed by atoms with E-state index < -0.39 is 5.82 Å². The smallest absolute Gasteiger partial charge is 0.148 e. The number of nitrogens with zero attached hydrogens (tertiary/aromatic N) is 1. The molecule has 2 rings (SSSR count). The zero-order chi connectivity index (χ0) is 13.1. The molecule has 0 atom stereocenters. The van der Waals surface area contributed by atoms with Crippen LogP contribution in [0.2, 0.25) is 5.02 Å². The van der Waals surface area contributed by atoms with Crippen molar-refractivity contribution in [3.05, 3.63) is 57.3 Å². The van der Waals surface area contributed by atoms with Crippen molar-refractivity contribution in [2.24, 2.45) is 0 Å². The summed E-state index contributed by atoms with van der Waals surface area (Å²) in [6, 6.07) is 11.5. The Morgan fingerprint density at radius 1 is 1.28 bits per heavy atom. The van der Waals surface area contributed by atoms with Crippen LogP contribution < -0.4 is 5.32 Å². The molecular weight excluding hydrogens is 319 g/mol. The predicted molar refractivity (Wildman–Crippen MR) is 73.5 cm³/mol. The van der Waals surface area contributed by atoms with Gasteiger partial charge >= 0.3 is 0 Å². The van der Waals surface area contributed by atoms with Gasteiger partial charge in [0.15, 0.2) is 0 Å². The molecule has 2 nitrogen and oxygen atoms in total. The summed E-state index contributed by atoms with van der Waals surface area (Å²) in [7, 11) is 0. The number of nitrogens with one attached hydrogen (secondary N) is 1. The SMILES string of the molecule is N#Cc1cc(Br)cc(Nc2c(F)cccc2Cl)c1. The molecule has 0 aliphatic carbocycles. The van der Waals surface area contributed by atoms with Crippen molar-refractivity contribution >= 4 is 38.9 Å². The summed E-state index contributed by atoms with van der Waals surface area (Å²) in [4.78, 5) is 0. The molecule has 90 valence electrons. The third-order valence-electron chi connectivity index (χ3n) is 2.26. The highest BCUT2D eigenvalue weighted by molar-refractivity contribution is 9.10. The first-order chi connectivity index (χ1) is 8.60. The Morgan fingerprint density at radius 2 is 2.06 bits per heavy atom. The zero-order valence-corrected chi connectivity index (χ0v) is 11.4. The summed E-state index contributed by atoms with van der Waals surface area (Å²) in [5, 5.41) is 12.0. The fourth-order valence-corrected chi connectivity index (χ4v) is 2.19. The largest absolute Gasteiger partial charge is 0.352 e. The van der Waals surface area contributed by atoms with Gasteiger partial charge in [0.25, 0.3) is 0 Å². The van der Waals surface area contributed by atoms with Crippen LogP contribution in [0.15, 0.2) is 40.9 Å². The van der Waals surface area contributed by atoms with Crippen LogP contribution in [0, 0.1) is 17.1 Å². The minimum atomic E-state index is -0.444. The maximum absolute atomic E-state index is 13.6. The lowest BCUT2D eigenvalue weighted by Gasteiger charge is -2.10. The number of para-hydroxylation sites is 1. The van der Waals surface area contributed by atoms with E-state index in [4.69, 9.17) is 16.9 Å². The van der Waals surface area contributed by atoms with E-state index in [0.717, 1.165) is 4.47 Å². The Labute approximate surface area is 117 Å². The van der Waals surface area contributed by atoms with Gasteiger partial charge in [0.1, 0.15) is 5.82 Å². The van der Waals surface area contributed by atoms with E-state index in [0.29, 0.717) is 11.3 Å². The topological polar surface area (TPSA) is 35.8 Å². The van der Waals surface area contributed by atoms with Crippen LogP contribution in [-0.2, 0) is 0 Å². The predicted octanol–water partition coefficient (Wildman–Crippen LogP) is 4.86. The second kappa shape index (κ2) is 5.38. The molecule has 0 aromatic heterocycles. The van der Waals surface area contributed by atoms with E-state index in [1.165, 1.54) is 12.1 Å². The maximum Gasteiger partial charge on any atom is 0.148 e. The lowest BCUT2D eigenvalue weighted by molar-refractivity contribution is 0.632. The van der Waals surface area contributed by atoms with E-state index in [9.17, 15) is 4.39 Å². The first kappa shape index (κ1) is 12.9. The van der Waals surface area contributed by atoms with Crippen molar-refractivity contribution in [3.8, 4) is 6.07 Å². The first-order valence-electron chi connectivity index (χ1n) is 5.02. The molecule has 2 aromatic rings. The number of benzene rings is 2. The number of nitriles is 1. The van der Waals surface area contributed by atoms with Gasteiger partial charge in [0, 0.05) is 10.2 Å². The summed E-state index contributed by atoms with van der Waals surface area (Å²) in [6.45, 7) is 0. The first-order valence-corrected chi connectivity index (χ1v) is 6.19. The molecule has 0 amide bonds. The number of hydrogen-bond acceptors (Lipinski definition) is 2. The normalized spacial score (nSPS) is 9.89. The molecule has 1 N–H and O–H groups in total. The molecule has 0 aliphatic rings. The van der Waals surface area contributed by atoms with Crippen molar-refractivity contribution < 1.29 is 4.39 Å². The Bertz CT molecular complexity index is 617. The number of hydrogen-bond donors (Lipinski definition) is 1. The van der Waals surface area contributed by atoms with E-state index >= 15 is 0 Å². The highest BCUT2D eigenvalue weighted by Gasteiger charge is 2.08. The van der Waals surface area contributed by atoms with E-state index in [2.05, 4.69) is 21.2 Å². The molecule has 18 heavy (non-hydrogen) atoms. The molecule has 0 radical (unpaired) electrons. The monoisotopic (exact) mass is 324 g/mol. The van der Waals surface area contributed by atoms with Crippen molar-refractivity contribution in [1.29, 1.82) is 5.26 Å². The van der Waals surface area contributed by atoms with Gasteiger partial charge < -0.3 is 5.32 Å². The summed E-state index contributed by atoms with van der Waals surface area (Å²) in [5.74, 6) is -0.444. The fourth-order valence-electron chi connectivity index (χ4n) is 1.49. The van der Waals surface area contributed by atoms with Gasteiger partial charge in [-0.25, -0.2) is 4.39 Å². The number of anilines is 2. The molecule has 0 saturated heterocycles. The third kappa shape index (κ3) is 2.81. The van der Waals surface area contributed by atoms with Crippen molar-refractivity contribution in [1.82, 2.24) is 0 Å². The lowest BCUT2D eigenvalue weighted by Crippen LogP contribution is -1.95. The molecule has 0 bridgehead atoms.